The van der Waals surface area contributed by atoms with Crippen molar-refractivity contribution in [3.63, 3.8) is 0 Å². The molecule has 0 aromatic carbocycles. The molecule has 0 aliphatic heterocycles. The van der Waals surface area contributed by atoms with Crippen molar-refractivity contribution in [1.29, 1.82) is 0 Å². The normalized spacial score (nSPS) is 5.00. The fourth-order valence-corrected chi connectivity index (χ4v) is 0.0412. The number of hydrogen-bond donors (Lipinski definition) is 1. The molecule has 0 spiro atoms. The third-order valence-corrected chi connectivity index (χ3v) is 0.149. The van der Waals surface area contributed by atoms with Crippen LogP contribution in [0, 0.1) is 0 Å². The zero-order valence-electron chi connectivity index (χ0n) is 2.75. The maximum atomic E-state index is 9.15. The van der Waals surface area contributed by atoms with Gasteiger partial charge in [0, 0.05) is 0 Å². The molecule has 0 heterocycles. The molecule has 8 heavy (non-hydrogen) atoms. The zero-order chi connectivity index (χ0) is 4.99. The van der Waals surface area contributed by atoms with E-state index in [4.69, 9.17) is 14.7 Å². The summed E-state index contributed by atoms with van der Waals surface area (Å²) in [6.45, 7) is -0.150. The first-order valence-corrected chi connectivity index (χ1v) is 1.10. The number of carbonyl (C=O) groups is 2. The van der Waals surface area contributed by atoms with Gasteiger partial charge < -0.3 is 9.84 Å². The minimum atomic E-state index is -1.58. The van der Waals surface area contributed by atoms with Gasteiger partial charge in [-0.25, -0.2) is 4.79 Å². The van der Waals surface area contributed by atoms with Crippen LogP contribution in [-0.2, 0) is 9.53 Å². The molecule has 0 saturated carbocycles. The summed E-state index contributed by atoms with van der Waals surface area (Å²) in [5.41, 5.74) is 0. The van der Waals surface area contributed by atoms with Crippen LogP contribution in [0.5, 0.6) is 0 Å². The standard InChI is InChI=1S/C2H2O4.2Na.2H/c3-1-6-2(4)5;;;;/h1H,(H,4,5);;;;. The van der Waals surface area contributed by atoms with Crippen LogP contribution < -0.4 is 0 Å². The summed E-state index contributed by atoms with van der Waals surface area (Å²) in [4.78, 5) is 18.2. The van der Waals surface area contributed by atoms with Gasteiger partial charge in [0.05, 0.1) is 0 Å². The molecule has 6 heteroatoms. The Morgan fingerprint density at radius 1 is 1.50 bits per heavy atom. The van der Waals surface area contributed by atoms with Gasteiger partial charge in [0.25, 0.3) is 0 Å². The van der Waals surface area contributed by atoms with Crippen LogP contribution in [0.25, 0.3) is 0 Å². The Morgan fingerprint density at radius 3 is 1.88 bits per heavy atom. The quantitative estimate of drug-likeness (QED) is 0.208. The first-order chi connectivity index (χ1) is 2.77. The molecule has 0 amide bonds. The Hall–Kier alpha value is 0.940. The molecule has 0 unspecified atom stereocenters. The van der Waals surface area contributed by atoms with Crippen molar-refractivity contribution in [3.05, 3.63) is 0 Å². The van der Waals surface area contributed by atoms with Gasteiger partial charge in [-0.3, -0.25) is 4.79 Å². The average molecular weight is 138 g/mol. The van der Waals surface area contributed by atoms with E-state index < -0.39 is 6.16 Å². The van der Waals surface area contributed by atoms with Crippen LogP contribution in [0.3, 0.4) is 0 Å². The molecular weight excluding hydrogens is 134 g/mol. The van der Waals surface area contributed by atoms with Crippen LogP contribution in [0.2, 0.25) is 0 Å². The van der Waals surface area contributed by atoms with E-state index in [9.17, 15) is 0 Å². The Kier molecular flexibility index (Phi) is 21.6. The molecule has 0 aromatic heterocycles. The van der Waals surface area contributed by atoms with Crippen molar-refractivity contribution in [2.24, 2.45) is 0 Å². The summed E-state index contributed by atoms with van der Waals surface area (Å²) in [7, 11) is 0. The molecule has 0 radical (unpaired) electrons. The molecule has 0 aliphatic rings. The fraction of sp³-hybridized carbons (Fsp3) is 0. The monoisotopic (exact) mass is 138 g/mol. The van der Waals surface area contributed by atoms with Gasteiger partial charge in [-0.05, 0) is 0 Å². The predicted molar refractivity (Wildman–Crippen MR) is 29.5 cm³/mol. The molecule has 0 rings (SSSR count). The van der Waals surface area contributed by atoms with Crippen LogP contribution in [0.15, 0.2) is 0 Å². The molecule has 0 bridgehead atoms. The van der Waals surface area contributed by atoms with Crippen LogP contribution in [0.4, 0.5) is 4.79 Å². The molecule has 0 saturated heterocycles. The first-order valence-electron chi connectivity index (χ1n) is 1.10. The van der Waals surface area contributed by atoms with E-state index in [0.29, 0.717) is 0 Å². The molecule has 1 N–H and O–H groups in total. The summed E-state index contributed by atoms with van der Waals surface area (Å²) in [6, 6.07) is 0. The van der Waals surface area contributed by atoms with Gasteiger partial charge in [0.2, 0.25) is 0 Å². The zero-order valence-corrected chi connectivity index (χ0v) is 2.75. The average Bonchev–Trinajstić information content (AvgIpc) is 1.35. The summed E-state index contributed by atoms with van der Waals surface area (Å²) in [6.07, 6.45) is -1.58. The number of carboxylic acid groups (broad SMARTS) is 1. The summed E-state index contributed by atoms with van der Waals surface area (Å²) < 4.78 is 3.28. The van der Waals surface area contributed by atoms with E-state index >= 15 is 0 Å². The number of carbonyl (C=O) groups excluding carboxylic acids is 1. The topological polar surface area (TPSA) is 63.6 Å². The van der Waals surface area contributed by atoms with Gasteiger partial charge in [-0.1, -0.05) is 0 Å². The van der Waals surface area contributed by atoms with Crippen molar-refractivity contribution >= 4 is 71.7 Å². The molecule has 0 aromatic rings. The Labute approximate surface area is 90.2 Å². The number of hydrogen-bond acceptors (Lipinski definition) is 3. The second-order valence-electron chi connectivity index (χ2n) is 0.480. The molecule has 0 aliphatic carbocycles. The Balaban J connectivity index is -0.000000125. The van der Waals surface area contributed by atoms with Crippen LogP contribution in [-0.4, -0.2) is 76.8 Å². The van der Waals surface area contributed by atoms with Gasteiger partial charge in [-0.2, -0.15) is 0 Å². The van der Waals surface area contributed by atoms with E-state index in [2.05, 4.69) is 4.74 Å². The van der Waals surface area contributed by atoms with E-state index in [1.807, 2.05) is 0 Å². The van der Waals surface area contributed by atoms with Gasteiger partial charge in [-0.15, -0.1) is 0 Å². The molecule has 0 atom stereocenters. The SMILES string of the molecule is O=COC(=O)O.[NaH].[NaH]. The van der Waals surface area contributed by atoms with Crippen LogP contribution >= 0.6 is 0 Å². The third-order valence-electron chi connectivity index (χ3n) is 0.149. The molecule has 4 nitrogen and oxygen atoms in total. The molecule has 38 valence electrons. The fourth-order valence-electron chi connectivity index (χ4n) is 0.0412. The summed E-state index contributed by atoms with van der Waals surface area (Å²) >= 11 is 0. The van der Waals surface area contributed by atoms with Gasteiger partial charge >= 0.3 is 71.7 Å². The van der Waals surface area contributed by atoms with Crippen molar-refractivity contribution in [1.82, 2.24) is 0 Å². The first kappa shape index (κ1) is 16.0. The van der Waals surface area contributed by atoms with Crippen molar-refractivity contribution < 1.29 is 19.4 Å². The van der Waals surface area contributed by atoms with Crippen LogP contribution in [0.1, 0.15) is 0 Å². The second kappa shape index (κ2) is 10.8. The van der Waals surface area contributed by atoms with E-state index in [0.717, 1.165) is 0 Å². The van der Waals surface area contributed by atoms with Crippen molar-refractivity contribution in [2.75, 3.05) is 0 Å². The number of rotatable bonds is 1. The van der Waals surface area contributed by atoms with E-state index in [1.54, 1.807) is 0 Å². The molecular formula is C2H4Na2O4. The Morgan fingerprint density at radius 2 is 1.88 bits per heavy atom. The second-order valence-corrected chi connectivity index (χ2v) is 0.480. The predicted octanol–water partition coefficient (Wildman–Crippen LogP) is -1.46. The third kappa shape index (κ3) is 15.8. The van der Waals surface area contributed by atoms with E-state index in [1.165, 1.54) is 0 Å². The van der Waals surface area contributed by atoms with E-state index in [-0.39, 0.29) is 65.6 Å². The maximum absolute atomic E-state index is 9.15. The van der Waals surface area contributed by atoms with Gasteiger partial charge in [0.15, 0.2) is 0 Å². The summed E-state index contributed by atoms with van der Waals surface area (Å²) in [5, 5.41) is 7.46. The summed E-state index contributed by atoms with van der Waals surface area (Å²) in [5.74, 6) is 0. The van der Waals surface area contributed by atoms with Crippen molar-refractivity contribution in [3.8, 4) is 0 Å². The minimum absolute atomic E-state index is 0. The Bertz CT molecular complexity index is 72.4. The van der Waals surface area contributed by atoms with Gasteiger partial charge in [0.1, 0.15) is 0 Å². The molecule has 0 fully saturated rings. The van der Waals surface area contributed by atoms with Crippen molar-refractivity contribution in [2.45, 2.75) is 0 Å². The number of ether oxygens (including phenoxy) is 1.